The molecule has 2 rings (SSSR count). The lowest BCUT2D eigenvalue weighted by molar-refractivity contribution is 0.260. The predicted octanol–water partition coefficient (Wildman–Crippen LogP) is 4.57. The fourth-order valence-corrected chi connectivity index (χ4v) is 3.05. The van der Waals surface area contributed by atoms with Gasteiger partial charge in [-0.25, -0.2) is 14.1 Å². The van der Waals surface area contributed by atoms with Crippen molar-refractivity contribution in [3.05, 3.63) is 59.1 Å². The summed E-state index contributed by atoms with van der Waals surface area (Å²) in [5.41, 5.74) is 1.54. The Morgan fingerprint density at radius 1 is 1.08 bits per heavy atom. The maximum Gasteiger partial charge on any atom is 0.354 e. The number of rotatable bonds is 2. The summed E-state index contributed by atoms with van der Waals surface area (Å²) in [7, 11) is -3.31. The van der Waals surface area contributed by atoms with E-state index in [1.165, 1.54) is 0 Å². The van der Waals surface area contributed by atoms with Crippen LogP contribution < -0.4 is 10.5 Å². The quantitative estimate of drug-likeness (QED) is 0.816. The van der Waals surface area contributed by atoms with Gasteiger partial charge in [0.2, 0.25) is 0 Å². The Bertz CT molecular complexity index is 847. The first-order chi connectivity index (χ1) is 11.1. The second-order valence-corrected chi connectivity index (χ2v) is 8.60. The van der Waals surface area contributed by atoms with Crippen LogP contribution in [0.15, 0.2) is 57.8 Å². The molecule has 2 amide bonds. The van der Waals surface area contributed by atoms with E-state index in [0.29, 0.717) is 15.6 Å². The molecule has 2 aromatic rings. The van der Waals surface area contributed by atoms with Gasteiger partial charge in [-0.15, -0.1) is 4.36 Å². The highest BCUT2D eigenvalue weighted by molar-refractivity contribution is 7.91. The summed E-state index contributed by atoms with van der Waals surface area (Å²) >= 11 is 5.78. The number of benzene rings is 2. The molecule has 0 aliphatic rings. The molecule has 7 heteroatoms. The number of urea groups is 1. The van der Waals surface area contributed by atoms with E-state index >= 15 is 0 Å². The third-order valence-electron chi connectivity index (χ3n) is 3.37. The van der Waals surface area contributed by atoms with Crippen LogP contribution in [0.2, 0.25) is 5.02 Å². The van der Waals surface area contributed by atoms with Crippen LogP contribution >= 0.6 is 11.6 Å². The Hall–Kier alpha value is -1.89. The third-order valence-corrected chi connectivity index (χ3v) is 5.01. The molecule has 0 fully saturated rings. The minimum Gasteiger partial charge on any atom is -0.306 e. The van der Waals surface area contributed by atoms with Crippen LogP contribution in [-0.4, -0.2) is 10.2 Å². The lowest BCUT2D eigenvalue weighted by Crippen LogP contribution is -2.18. The molecule has 0 aromatic heterocycles. The molecular weight excluding hydrogens is 346 g/mol. The summed E-state index contributed by atoms with van der Waals surface area (Å²) in [5.74, 6) is 0. The summed E-state index contributed by atoms with van der Waals surface area (Å²) < 4.78 is 16.1. The molecular formula is C17H20ClN3O2S. The summed E-state index contributed by atoms with van der Waals surface area (Å²) in [6.45, 7) is 6.23. The molecule has 24 heavy (non-hydrogen) atoms. The van der Waals surface area contributed by atoms with Gasteiger partial charge in [0, 0.05) is 10.7 Å². The number of carbonyl (C=O) groups is 1. The van der Waals surface area contributed by atoms with Gasteiger partial charge in [0.15, 0.2) is 0 Å². The zero-order valence-corrected chi connectivity index (χ0v) is 15.3. The van der Waals surface area contributed by atoms with E-state index in [-0.39, 0.29) is 5.41 Å². The molecule has 1 unspecified atom stereocenters. The smallest absolute Gasteiger partial charge is 0.306 e. The number of anilines is 1. The van der Waals surface area contributed by atoms with Crippen molar-refractivity contribution in [2.24, 2.45) is 9.50 Å². The Morgan fingerprint density at radius 3 is 2.12 bits per heavy atom. The van der Waals surface area contributed by atoms with Gasteiger partial charge in [0.25, 0.3) is 0 Å². The average Bonchev–Trinajstić information content (AvgIpc) is 2.48. The molecule has 0 bridgehead atoms. The second kappa shape index (κ2) is 6.93. The molecule has 0 saturated carbocycles. The number of nitrogens with two attached hydrogens (primary N) is 1. The molecule has 0 radical (unpaired) electrons. The van der Waals surface area contributed by atoms with Gasteiger partial charge in [-0.05, 0) is 47.4 Å². The van der Waals surface area contributed by atoms with E-state index in [1.807, 2.05) is 12.1 Å². The van der Waals surface area contributed by atoms with Crippen molar-refractivity contribution in [1.29, 1.82) is 0 Å². The molecule has 0 spiro atoms. The number of hydrogen-bond donors (Lipinski definition) is 2. The topological polar surface area (TPSA) is 84.6 Å². The highest BCUT2D eigenvalue weighted by Crippen LogP contribution is 2.23. The number of nitrogens with one attached hydrogen (secondary N) is 1. The summed E-state index contributed by atoms with van der Waals surface area (Å²) in [4.78, 5) is 12.2. The molecule has 0 saturated heterocycles. The van der Waals surface area contributed by atoms with Crippen LogP contribution in [0.4, 0.5) is 10.5 Å². The van der Waals surface area contributed by atoms with Gasteiger partial charge in [-0.1, -0.05) is 44.5 Å². The average molecular weight is 366 g/mol. The first-order valence-electron chi connectivity index (χ1n) is 7.30. The van der Waals surface area contributed by atoms with Crippen molar-refractivity contribution < 1.29 is 9.00 Å². The highest BCUT2D eigenvalue weighted by Gasteiger charge is 2.15. The number of nitrogens with zero attached hydrogens (tertiary/aromatic N) is 1. The molecule has 3 N–H and O–H groups in total. The number of hydrogen-bond acceptors (Lipinski definition) is 2. The first kappa shape index (κ1) is 18.4. The third kappa shape index (κ3) is 4.80. The molecule has 2 aromatic carbocycles. The van der Waals surface area contributed by atoms with Gasteiger partial charge >= 0.3 is 6.03 Å². The zero-order chi connectivity index (χ0) is 18.0. The van der Waals surface area contributed by atoms with Crippen molar-refractivity contribution >= 4 is 33.2 Å². The fourth-order valence-electron chi connectivity index (χ4n) is 2.01. The van der Waals surface area contributed by atoms with Gasteiger partial charge in [0.05, 0.1) is 4.90 Å². The van der Waals surface area contributed by atoms with E-state index in [9.17, 15) is 9.00 Å². The van der Waals surface area contributed by atoms with Crippen LogP contribution in [0.1, 0.15) is 26.3 Å². The standard InChI is InChI=1S/C17H20ClN3O2S/c1-17(2,3)12-4-10-15(11-5-12)24(19,23)21-16(22)20-14-8-6-13(18)7-9-14/h4-11H,1-3H3,(H3,19,20,21,22,23). The number of amides is 2. The molecule has 5 nitrogen and oxygen atoms in total. The Labute approximate surface area is 147 Å². The van der Waals surface area contributed by atoms with Crippen LogP contribution in [0.5, 0.6) is 0 Å². The normalized spacial score (nSPS) is 13.9. The molecule has 0 aliphatic heterocycles. The van der Waals surface area contributed by atoms with Crippen LogP contribution in [0.3, 0.4) is 0 Å². The minimum absolute atomic E-state index is 0.0306. The van der Waals surface area contributed by atoms with Crippen molar-refractivity contribution in [2.75, 3.05) is 5.32 Å². The second-order valence-electron chi connectivity index (χ2n) is 6.37. The van der Waals surface area contributed by atoms with Crippen molar-refractivity contribution in [3.63, 3.8) is 0 Å². The Balaban J connectivity index is 2.22. The first-order valence-corrected chi connectivity index (χ1v) is 9.25. The van der Waals surface area contributed by atoms with E-state index in [4.69, 9.17) is 16.7 Å². The Kier molecular flexibility index (Phi) is 5.32. The summed E-state index contributed by atoms with van der Waals surface area (Å²) in [5, 5.41) is 8.81. The van der Waals surface area contributed by atoms with Crippen molar-refractivity contribution in [2.45, 2.75) is 31.1 Å². The minimum atomic E-state index is -3.31. The SMILES string of the molecule is CC(C)(C)c1ccc(S(N)(=O)=NC(=O)Nc2ccc(Cl)cc2)cc1. The molecule has 128 valence electrons. The molecule has 0 heterocycles. The number of carbonyl (C=O) groups excluding carboxylic acids is 1. The van der Waals surface area contributed by atoms with Crippen LogP contribution in [-0.2, 0) is 15.3 Å². The lowest BCUT2D eigenvalue weighted by atomic mass is 9.87. The molecule has 0 aliphatic carbocycles. The number of halogens is 1. The zero-order valence-electron chi connectivity index (χ0n) is 13.7. The monoisotopic (exact) mass is 365 g/mol. The van der Waals surface area contributed by atoms with Crippen LogP contribution in [0, 0.1) is 0 Å². The highest BCUT2D eigenvalue weighted by atomic mass is 35.5. The summed E-state index contributed by atoms with van der Waals surface area (Å²) in [6, 6.07) is 12.7. The van der Waals surface area contributed by atoms with E-state index in [2.05, 4.69) is 30.5 Å². The van der Waals surface area contributed by atoms with E-state index in [1.54, 1.807) is 36.4 Å². The van der Waals surface area contributed by atoms with Crippen molar-refractivity contribution in [1.82, 2.24) is 0 Å². The Morgan fingerprint density at radius 2 is 1.62 bits per heavy atom. The lowest BCUT2D eigenvalue weighted by Gasteiger charge is -2.19. The van der Waals surface area contributed by atoms with E-state index in [0.717, 1.165) is 5.56 Å². The fraction of sp³-hybridized carbons (Fsp3) is 0.235. The predicted molar refractivity (Wildman–Crippen MR) is 98.6 cm³/mol. The van der Waals surface area contributed by atoms with E-state index < -0.39 is 15.9 Å². The van der Waals surface area contributed by atoms with Gasteiger partial charge in [-0.2, -0.15) is 0 Å². The van der Waals surface area contributed by atoms with Gasteiger partial charge < -0.3 is 5.32 Å². The summed E-state index contributed by atoms with van der Waals surface area (Å²) in [6.07, 6.45) is 0. The maximum atomic E-state index is 12.5. The largest absolute Gasteiger partial charge is 0.354 e. The van der Waals surface area contributed by atoms with Crippen molar-refractivity contribution in [3.8, 4) is 0 Å². The van der Waals surface area contributed by atoms with Gasteiger partial charge in [-0.3, -0.25) is 0 Å². The maximum absolute atomic E-state index is 12.5. The van der Waals surface area contributed by atoms with Crippen LogP contribution in [0.25, 0.3) is 0 Å². The molecule has 1 atom stereocenters. The van der Waals surface area contributed by atoms with Gasteiger partial charge in [0.1, 0.15) is 9.92 Å².